The lowest BCUT2D eigenvalue weighted by molar-refractivity contribution is -0.00940. The third-order valence-corrected chi connectivity index (χ3v) is 3.42. The predicted molar refractivity (Wildman–Crippen MR) is 53.8 cm³/mol. The highest BCUT2D eigenvalue weighted by Gasteiger charge is 2.26. The Kier molecular flexibility index (Phi) is 2.89. The van der Waals surface area contributed by atoms with Gasteiger partial charge in [0, 0.05) is 19.2 Å². The summed E-state index contributed by atoms with van der Waals surface area (Å²) < 4.78 is 5.90. The molecule has 1 heterocycles. The van der Waals surface area contributed by atoms with E-state index in [4.69, 9.17) is 4.74 Å². The lowest BCUT2D eigenvalue weighted by Crippen LogP contribution is -2.41. The minimum absolute atomic E-state index is 0.548. The molecule has 1 aliphatic heterocycles. The van der Waals surface area contributed by atoms with E-state index in [9.17, 15) is 0 Å². The molecule has 0 spiro atoms. The minimum atomic E-state index is 0.548. The second-order valence-electron chi connectivity index (χ2n) is 4.75. The number of nitrogens with zero attached hydrogens (tertiary/aromatic N) is 1. The first-order valence-electron chi connectivity index (χ1n) is 5.57. The van der Waals surface area contributed by atoms with Crippen LogP contribution in [0.3, 0.4) is 0 Å². The van der Waals surface area contributed by atoms with E-state index in [2.05, 4.69) is 18.9 Å². The third-order valence-electron chi connectivity index (χ3n) is 3.42. The Labute approximate surface area is 81.3 Å². The van der Waals surface area contributed by atoms with Crippen molar-refractivity contribution in [1.82, 2.24) is 4.90 Å². The molecule has 0 radical (unpaired) electrons. The number of rotatable bonds is 3. The van der Waals surface area contributed by atoms with Crippen LogP contribution < -0.4 is 0 Å². The van der Waals surface area contributed by atoms with Crippen molar-refractivity contribution in [3.05, 3.63) is 0 Å². The largest absolute Gasteiger partial charge is 0.378 e. The molecule has 0 aromatic heterocycles. The average Bonchev–Trinajstić information content (AvgIpc) is 2.91. The lowest BCUT2D eigenvalue weighted by Gasteiger charge is -2.34. The van der Waals surface area contributed by atoms with Crippen LogP contribution in [-0.2, 0) is 4.74 Å². The average molecular weight is 183 g/mol. The van der Waals surface area contributed by atoms with Crippen LogP contribution in [0.1, 0.15) is 32.6 Å². The molecule has 1 saturated heterocycles. The molecule has 0 amide bonds. The summed E-state index contributed by atoms with van der Waals surface area (Å²) in [6.45, 7) is 4.53. The van der Waals surface area contributed by atoms with Crippen LogP contribution in [0.2, 0.25) is 0 Å². The third kappa shape index (κ3) is 2.68. The highest BCUT2D eigenvalue weighted by atomic mass is 16.5. The molecule has 2 fully saturated rings. The van der Waals surface area contributed by atoms with Gasteiger partial charge in [0.05, 0.1) is 6.10 Å². The van der Waals surface area contributed by atoms with Crippen molar-refractivity contribution in [3.63, 3.8) is 0 Å². The molecule has 1 aliphatic carbocycles. The van der Waals surface area contributed by atoms with Gasteiger partial charge in [0.25, 0.3) is 0 Å². The Morgan fingerprint density at radius 1 is 1.31 bits per heavy atom. The van der Waals surface area contributed by atoms with Gasteiger partial charge in [-0.15, -0.1) is 0 Å². The zero-order valence-electron chi connectivity index (χ0n) is 8.83. The smallest absolute Gasteiger partial charge is 0.0602 e. The lowest BCUT2D eigenvalue weighted by atomic mass is 10.0. The Balaban J connectivity index is 1.68. The summed E-state index contributed by atoms with van der Waals surface area (Å²) in [5, 5.41) is 0. The molecular weight excluding hydrogens is 162 g/mol. The van der Waals surface area contributed by atoms with Gasteiger partial charge in [0.15, 0.2) is 0 Å². The zero-order valence-corrected chi connectivity index (χ0v) is 8.83. The molecule has 1 saturated carbocycles. The number of ether oxygens (including phenoxy) is 1. The van der Waals surface area contributed by atoms with Crippen LogP contribution >= 0.6 is 0 Å². The molecule has 0 aromatic rings. The summed E-state index contributed by atoms with van der Waals surface area (Å²) in [4.78, 5) is 2.43. The monoisotopic (exact) mass is 183 g/mol. The predicted octanol–water partition coefficient (Wildman–Crippen LogP) is 1.90. The zero-order chi connectivity index (χ0) is 9.26. The Bertz CT molecular complexity index is 167. The first-order valence-corrected chi connectivity index (χ1v) is 5.57. The van der Waals surface area contributed by atoms with Gasteiger partial charge >= 0.3 is 0 Å². The van der Waals surface area contributed by atoms with Crippen molar-refractivity contribution < 1.29 is 4.74 Å². The summed E-state index contributed by atoms with van der Waals surface area (Å²) >= 11 is 0. The van der Waals surface area contributed by atoms with Crippen LogP contribution in [-0.4, -0.2) is 37.2 Å². The molecule has 2 heteroatoms. The Morgan fingerprint density at radius 2 is 2.08 bits per heavy atom. The number of hydrogen-bond acceptors (Lipinski definition) is 2. The highest BCUT2D eigenvalue weighted by molar-refractivity contribution is 4.79. The van der Waals surface area contributed by atoms with Crippen LogP contribution in [0.4, 0.5) is 0 Å². The van der Waals surface area contributed by atoms with E-state index in [1.54, 1.807) is 0 Å². The maximum Gasteiger partial charge on any atom is 0.0602 e. The fourth-order valence-electron chi connectivity index (χ4n) is 1.95. The molecule has 0 unspecified atom stereocenters. The summed E-state index contributed by atoms with van der Waals surface area (Å²) in [5.41, 5.74) is 0. The van der Waals surface area contributed by atoms with Crippen molar-refractivity contribution in [3.8, 4) is 0 Å². The van der Waals surface area contributed by atoms with Gasteiger partial charge in [-0.3, -0.25) is 0 Å². The van der Waals surface area contributed by atoms with Crippen LogP contribution in [0.15, 0.2) is 0 Å². The highest BCUT2D eigenvalue weighted by Crippen LogP contribution is 2.30. The van der Waals surface area contributed by atoms with Gasteiger partial charge < -0.3 is 9.64 Å². The van der Waals surface area contributed by atoms with Gasteiger partial charge in [-0.1, -0.05) is 0 Å². The van der Waals surface area contributed by atoms with Gasteiger partial charge in [0.1, 0.15) is 0 Å². The molecule has 2 rings (SSSR count). The molecule has 2 nitrogen and oxygen atoms in total. The van der Waals surface area contributed by atoms with Gasteiger partial charge in [-0.2, -0.15) is 0 Å². The topological polar surface area (TPSA) is 12.5 Å². The first kappa shape index (κ1) is 9.47. The molecule has 2 atom stereocenters. The summed E-state index contributed by atoms with van der Waals surface area (Å²) in [5.74, 6) is 0.912. The minimum Gasteiger partial charge on any atom is -0.378 e. The molecular formula is C11H21NO. The van der Waals surface area contributed by atoms with Crippen molar-refractivity contribution in [2.75, 3.05) is 20.2 Å². The number of likely N-dealkylation sites (tertiary alicyclic amines) is 1. The summed E-state index contributed by atoms with van der Waals surface area (Å²) in [6.07, 6.45) is 5.81. The molecule has 0 bridgehead atoms. The maximum absolute atomic E-state index is 5.90. The van der Waals surface area contributed by atoms with Gasteiger partial charge in [-0.25, -0.2) is 0 Å². The van der Waals surface area contributed by atoms with E-state index in [0.29, 0.717) is 12.1 Å². The molecule has 76 valence electrons. The number of hydrogen-bond donors (Lipinski definition) is 0. The Hall–Kier alpha value is -0.0800. The summed E-state index contributed by atoms with van der Waals surface area (Å²) in [6, 6.07) is 0.706. The van der Waals surface area contributed by atoms with Crippen LogP contribution in [0, 0.1) is 5.92 Å². The summed E-state index contributed by atoms with van der Waals surface area (Å²) in [7, 11) is 2.21. The van der Waals surface area contributed by atoms with E-state index in [1.807, 2.05) is 0 Å². The van der Waals surface area contributed by atoms with E-state index in [-0.39, 0.29) is 0 Å². The van der Waals surface area contributed by atoms with Crippen LogP contribution in [0.5, 0.6) is 0 Å². The second kappa shape index (κ2) is 3.97. The SMILES string of the molecule is C[C@@H]1C[C@@H](OCC2CC2)CCN1C. The quantitative estimate of drug-likeness (QED) is 0.662. The fraction of sp³-hybridized carbons (Fsp3) is 1.00. The van der Waals surface area contributed by atoms with Crippen molar-refractivity contribution in [2.24, 2.45) is 5.92 Å². The van der Waals surface area contributed by atoms with Crippen molar-refractivity contribution >= 4 is 0 Å². The van der Waals surface area contributed by atoms with E-state index < -0.39 is 0 Å². The Morgan fingerprint density at radius 3 is 2.69 bits per heavy atom. The maximum atomic E-state index is 5.90. The normalized spacial score (nSPS) is 36.5. The van der Waals surface area contributed by atoms with Crippen molar-refractivity contribution in [1.29, 1.82) is 0 Å². The molecule has 0 aromatic carbocycles. The van der Waals surface area contributed by atoms with Crippen molar-refractivity contribution in [2.45, 2.75) is 44.8 Å². The first-order chi connectivity index (χ1) is 6.25. The molecule has 0 N–H and O–H groups in total. The molecule has 2 aliphatic rings. The van der Waals surface area contributed by atoms with E-state index >= 15 is 0 Å². The number of piperidine rings is 1. The van der Waals surface area contributed by atoms with E-state index in [1.165, 1.54) is 32.2 Å². The fourth-order valence-corrected chi connectivity index (χ4v) is 1.95. The van der Waals surface area contributed by atoms with Gasteiger partial charge in [-0.05, 0) is 45.6 Å². The van der Waals surface area contributed by atoms with Crippen LogP contribution in [0.25, 0.3) is 0 Å². The standard InChI is InChI=1S/C11H21NO/c1-9-7-11(5-6-12(9)2)13-8-10-3-4-10/h9-11H,3-8H2,1-2H3/t9-,11+/m1/s1. The van der Waals surface area contributed by atoms with Gasteiger partial charge in [0.2, 0.25) is 0 Å². The van der Waals surface area contributed by atoms with E-state index in [0.717, 1.165) is 12.5 Å². The molecule has 13 heavy (non-hydrogen) atoms. The second-order valence-corrected chi connectivity index (χ2v) is 4.75.